The van der Waals surface area contributed by atoms with Gasteiger partial charge in [0.15, 0.2) is 0 Å². The second-order valence-corrected chi connectivity index (χ2v) is 11.3. The highest BCUT2D eigenvalue weighted by atomic mass is 32.2. The van der Waals surface area contributed by atoms with Gasteiger partial charge in [0.1, 0.15) is 11.9 Å². The summed E-state index contributed by atoms with van der Waals surface area (Å²) in [5.41, 5.74) is 2.51. The van der Waals surface area contributed by atoms with E-state index in [0.29, 0.717) is 32.4 Å². The largest absolute Gasteiger partial charge is 0.382 e. The number of rotatable bonds is 8. The van der Waals surface area contributed by atoms with Crippen molar-refractivity contribution in [1.82, 2.24) is 14.2 Å². The molecule has 1 aromatic heterocycles. The van der Waals surface area contributed by atoms with Crippen molar-refractivity contribution in [3.63, 3.8) is 0 Å². The number of sulfonamides is 1. The van der Waals surface area contributed by atoms with Crippen molar-refractivity contribution in [1.29, 1.82) is 5.26 Å². The number of piperidine rings is 1. The molecule has 4 rings (SSSR count). The zero-order valence-electron chi connectivity index (χ0n) is 20.0. The van der Waals surface area contributed by atoms with Crippen molar-refractivity contribution in [2.45, 2.75) is 25.3 Å². The number of fused-ring (bicyclic) bond motifs is 1. The third-order valence-electron chi connectivity index (χ3n) is 6.39. The Balaban J connectivity index is 1.52. The van der Waals surface area contributed by atoms with Gasteiger partial charge in [-0.3, -0.25) is 4.98 Å². The van der Waals surface area contributed by atoms with Crippen LogP contribution >= 0.6 is 0 Å². The number of pyridine rings is 1. The Hall–Kier alpha value is -3.06. The summed E-state index contributed by atoms with van der Waals surface area (Å²) in [7, 11) is 0.631. The van der Waals surface area contributed by atoms with Crippen LogP contribution in [0.2, 0.25) is 0 Å². The minimum Gasteiger partial charge on any atom is -0.382 e. The lowest BCUT2D eigenvalue weighted by Crippen LogP contribution is -2.43. The average Bonchev–Trinajstić information content (AvgIpc) is 2.84. The van der Waals surface area contributed by atoms with E-state index in [1.807, 2.05) is 43.3 Å². The van der Waals surface area contributed by atoms with Gasteiger partial charge >= 0.3 is 0 Å². The lowest BCUT2D eigenvalue weighted by Gasteiger charge is -2.32. The normalized spacial score (nSPS) is 15.4. The molecule has 9 heteroatoms. The van der Waals surface area contributed by atoms with Gasteiger partial charge in [-0.1, -0.05) is 6.07 Å². The Bertz CT molecular complexity index is 1350. The third-order valence-corrected chi connectivity index (χ3v) is 8.35. The van der Waals surface area contributed by atoms with Crippen LogP contribution in [0.1, 0.15) is 24.8 Å². The van der Waals surface area contributed by atoms with Gasteiger partial charge in [-0.15, -0.1) is 0 Å². The molecule has 0 amide bonds. The van der Waals surface area contributed by atoms with Crippen molar-refractivity contribution in [3.05, 3.63) is 60.2 Å². The second kappa shape index (κ2) is 10.7. The van der Waals surface area contributed by atoms with Crippen molar-refractivity contribution in [2.75, 3.05) is 44.8 Å². The molecule has 1 fully saturated rings. The standard InChI is InChI=1S/C26H30FN5O2S/c1-31(2)10-3-13-35(33,34)32-11-7-23(8-12-32)30-26-16-21(15-20-6-9-29-18-24(20)26)19-4-5-25(27)22(14-19)17-28/h4-6,9,14-16,18,23,30H,3,7-8,10-13H2,1-2H3. The fourth-order valence-corrected chi connectivity index (χ4v) is 5.98. The quantitative estimate of drug-likeness (QED) is 0.507. The summed E-state index contributed by atoms with van der Waals surface area (Å²) in [5, 5.41) is 14.8. The molecule has 1 aliphatic heterocycles. The number of hydrogen-bond donors (Lipinski definition) is 1. The number of hydrogen-bond acceptors (Lipinski definition) is 6. The minimum absolute atomic E-state index is 0.00555. The highest BCUT2D eigenvalue weighted by Gasteiger charge is 2.28. The zero-order chi connectivity index (χ0) is 25.0. The van der Waals surface area contributed by atoms with Crippen LogP contribution in [-0.2, 0) is 10.0 Å². The molecule has 1 saturated heterocycles. The van der Waals surface area contributed by atoms with Crippen molar-refractivity contribution in [3.8, 4) is 17.2 Å². The molecule has 2 aromatic carbocycles. The molecule has 0 bridgehead atoms. The predicted octanol–water partition coefficient (Wildman–Crippen LogP) is 4.07. The molecule has 184 valence electrons. The van der Waals surface area contributed by atoms with E-state index in [0.717, 1.165) is 34.1 Å². The van der Waals surface area contributed by atoms with E-state index >= 15 is 0 Å². The van der Waals surface area contributed by atoms with Gasteiger partial charge in [-0.25, -0.2) is 17.1 Å². The lowest BCUT2D eigenvalue weighted by molar-refractivity contribution is 0.328. The average molecular weight is 496 g/mol. The molecular formula is C26H30FN5O2S. The molecule has 0 spiro atoms. The fraction of sp³-hybridized carbons (Fsp3) is 0.385. The van der Waals surface area contributed by atoms with Crippen LogP contribution in [0, 0.1) is 17.1 Å². The van der Waals surface area contributed by atoms with E-state index in [2.05, 4.69) is 10.3 Å². The van der Waals surface area contributed by atoms with Crippen LogP contribution in [0.25, 0.3) is 21.9 Å². The van der Waals surface area contributed by atoms with Gasteiger partial charge in [0, 0.05) is 42.6 Å². The maximum Gasteiger partial charge on any atom is 0.214 e. The van der Waals surface area contributed by atoms with Crippen LogP contribution in [0.5, 0.6) is 0 Å². The Kier molecular flexibility index (Phi) is 7.65. The fourth-order valence-electron chi connectivity index (χ4n) is 4.47. The second-order valence-electron chi connectivity index (χ2n) is 9.22. The van der Waals surface area contributed by atoms with Crippen LogP contribution < -0.4 is 5.32 Å². The molecule has 3 aromatic rings. The number of aromatic nitrogens is 1. The minimum atomic E-state index is -3.25. The zero-order valence-corrected chi connectivity index (χ0v) is 20.9. The molecule has 0 radical (unpaired) electrons. The van der Waals surface area contributed by atoms with Crippen LogP contribution in [0.15, 0.2) is 48.8 Å². The summed E-state index contributed by atoms with van der Waals surface area (Å²) in [6, 6.07) is 12.5. The lowest BCUT2D eigenvalue weighted by atomic mass is 9.98. The Morgan fingerprint density at radius 1 is 1.17 bits per heavy atom. The summed E-state index contributed by atoms with van der Waals surface area (Å²) in [6.07, 6.45) is 5.55. The summed E-state index contributed by atoms with van der Waals surface area (Å²) < 4.78 is 40.9. The number of halogens is 1. The topological polar surface area (TPSA) is 89.3 Å². The first-order valence-electron chi connectivity index (χ1n) is 11.7. The van der Waals surface area contributed by atoms with E-state index in [4.69, 9.17) is 0 Å². The number of nitrogens with one attached hydrogen (secondary N) is 1. The third kappa shape index (κ3) is 5.96. The van der Waals surface area contributed by atoms with E-state index in [1.165, 1.54) is 6.07 Å². The smallest absolute Gasteiger partial charge is 0.214 e. The molecule has 0 unspecified atom stereocenters. The highest BCUT2D eigenvalue weighted by Crippen LogP contribution is 2.33. The summed E-state index contributed by atoms with van der Waals surface area (Å²) >= 11 is 0. The van der Waals surface area contributed by atoms with Crippen molar-refractivity contribution < 1.29 is 12.8 Å². The molecule has 1 N–H and O–H groups in total. The molecule has 0 atom stereocenters. The van der Waals surface area contributed by atoms with Gasteiger partial charge < -0.3 is 10.2 Å². The molecule has 7 nitrogen and oxygen atoms in total. The monoisotopic (exact) mass is 495 g/mol. The Morgan fingerprint density at radius 3 is 2.66 bits per heavy atom. The molecular weight excluding hydrogens is 465 g/mol. The van der Waals surface area contributed by atoms with E-state index < -0.39 is 15.8 Å². The summed E-state index contributed by atoms with van der Waals surface area (Å²) in [5.74, 6) is -0.368. The maximum atomic E-state index is 13.9. The van der Waals surface area contributed by atoms with E-state index in [1.54, 1.807) is 28.8 Å². The summed E-state index contributed by atoms with van der Waals surface area (Å²) in [6.45, 7) is 1.72. The highest BCUT2D eigenvalue weighted by molar-refractivity contribution is 7.89. The van der Waals surface area contributed by atoms with Crippen molar-refractivity contribution in [2.24, 2.45) is 0 Å². The number of nitrogens with zero attached hydrogens (tertiary/aromatic N) is 4. The van der Waals surface area contributed by atoms with E-state index in [-0.39, 0.29) is 17.4 Å². The first kappa shape index (κ1) is 25.0. The molecule has 35 heavy (non-hydrogen) atoms. The number of anilines is 1. The first-order chi connectivity index (χ1) is 16.8. The number of benzene rings is 2. The Labute approximate surface area is 206 Å². The SMILES string of the molecule is CN(C)CCCS(=O)(=O)N1CCC(Nc2cc(-c3ccc(F)c(C#N)c3)cc3ccncc23)CC1. The van der Waals surface area contributed by atoms with Crippen LogP contribution in [-0.4, -0.2) is 68.1 Å². The van der Waals surface area contributed by atoms with Gasteiger partial charge in [-0.2, -0.15) is 5.26 Å². The van der Waals surface area contributed by atoms with Crippen LogP contribution in [0.4, 0.5) is 10.1 Å². The van der Waals surface area contributed by atoms with Gasteiger partial charge in [0.05, 0.1) is 11.3 Å². The van der Waals surface area contributed by atoms with Gasteiger partial charge in [-0.05, 0) is 86.7 Å². The van der Waals surface area contributed by atoms with Crippen LogP contribution in [0.3, 0.4) is 0 Å². The number of nitriles is 1. The first-order valence-corrected chi connectivity index (χ1v) is 13.3. The molecule has 0 saturated carbocycles. The summed E-state index contributed by atoms with van der Waals surface area (Å²) in [4.78, 5) is 6.26. The molecule has 1 aliphatic rings. The van der Waals surface area contributed by atoms with E-state index in [9.17, 15) is 18.1 Å². The molecule has 2 heterocycles. The molecule has 0 aliphatic carbocycles. The Morgan fingerprint density at radius 2 is 1.94 bits per heavy atom. The van der Waals surface area contributed by atoms with Gasteiger partial charge in [0.25, 0.3) is 0 Å². The van der Waals surface area contributed by atoms with Gasteiger partial charge in [0.2, 0.25) is 10.0 Å². The van der Waals surface area contributed by atoms with Crippen molar-refractivity contribution >= 4 is 26.5 Å². The predicted molar refractivity (Wildman–Crippen MR) is 137 cm³/mol. The maximum absolute atomic E-state index is 13.9.